The molecule has 1 atom stereocenters. The third-order valence-corrected chi connectivity index (χ3v) is 5.90. The van der Waals surface area contributed by atoms with Crippen molar-refractivity contribution in [2.45, 2.75) is 13.0 Å². The maximum atomic E-state index is 13.3. The monoisotopic (exact) mass is 479 g/mol. The number of benzene rings is 2. The second-order valence-corrected chi connectivity index (χ2v) is 8.19. The molecule has 0 bridgehead atoms. The number of nitrogens with zero attached hydrogens (tertiary/aromatic N) is 1. The van der Waals surface area contributed by atoms with Gasteiger partial charge in [0.2, 0.25) is 5.06 Å². The number of carboxylic acid groups (broad SMARTS) is 2. The van der Waals surface area contributed by atoms with Crippen LogP contribution in [0.5, 0.6) is 5.06 Å². The summed E-state index contributed by atoms with van der Waals surface area (Å²) in [5, 5.41) is 19.0. The lowest BCUT2D eigenvalue weighted by Crippen LogP contribution is -2.43. The van der Waals surface area contributed by atoms with Gasteiger partial charge in [0.15, 0.2) is 0 Å². The Bertz CT molecular complexity index is 1150. The molecule has 1 aromatic heterocycles. The molecule has 0 aliphatic heterocycles. The molecule has 3 aromatic rings. The Morgan fingerprint density at radius 1 is 1.03 bits per heavy atom. The van der Waals surface area contributed by atoms with Gasteiger partial charge in [0.1, 0.15) is 11.7 Å². The summed E-state index contributed by atoms with van der Waals surface area (Å²) in [6.45, 7) is 1.30. The van der Waals surface area contributed by atoms with Crippen molar-refractivity contribution in [2.24, 2.45) is 0 Å². The number of amides is 1. The highest BCUT2D eigenvalue weighted by Gasteiger charge is 2.33. The number of hydrogen-bond donors (Lipinski definition) is 2. The molecule has 2 N–H and O–H groups in total. The van der Waals surface area contributed by atoms with Crippen molar-refractivity contribution in [1.29, 1.82) is 0 Å². The number of carbonyl (C=O) groups excluding carboxylic acids is 1. The average Bonchev–Trinajstić information content (AvgIpc) is 3.11. The summed E-state index contributed by atoms with van der Waals surface area (Å²) < 4.78 is 4.89. The molecule has 0 spiro atoms. The predicted molar refractivity (Wildman–Crippen MR) is 119 cm³/mol. The summed E-state index contributed by atoms with van der Waals surface area (Å²) in [4.78, 5) is 37.9. The smallest absolute Gasteiger partial charge is 0.480 e. The summed E-state index contributed by atoms with van der Waals surface area (Å²) in [7, 11) is 0. The van der Waals surface area contributed by atoms with E-state index in [2.05, 4.69) is 0 Å². The molecule has 0 saturated heterocycles. The number of thiophene rings is 1. The van der Waals surface area contributed by atoms with Crippen LogP contribution < -0.4 is 9.64 Å². The number of aliphatic carboxylic acids is 1. The molecule has 0 aliphatic rings. The highest BCUT2D eigenvalue weighted by molar-refractivity contribution is 7.18. The highest BCUT2D eigenvalue weighted by atomic mass is 35.5. The van der Waals surface area contributed by atoms with E-state index in [4.69, 9.17) is 33.0 Å². The molecule has 3 rings (SSSR count). The summed E-state index contributed by atoms with van der Waals surface area (Å²) in [5.41, 5.74) is 0.749. The zero-order chi connectivity index (χ0) is 22.7. The van der Waals surface area contributed by atoms with Crippen LogP contribution in [-0.4, -0.2) is 34.3 Å². The Kier molecular flexibility index (Phi) is 6.84. The topological polar surface area (TPSA) is 104 Å². The van der Waals surface area contributed by atoms with E-state index in [0.29, 0.717) is 9.90 Å². The summed E-state index contributed by atoms with van der Waals surface area (Å²) >= 11 is 13.0. The predicted octanol–water partition coefficient (Wildman–Crippen LogP) is 5.90. The standard InChI is InChI=1S/C21H15Cl2NO6S/c1-11(19(26)27)24(18(25)14-8-7-13(22)9-15(14)23)16-10-17(12-5-3-2-4-6-12)31-20(16)30-21(28)29/h2-11H,1H3,(H,26,27)(H,28,29). The molecule has 1 unspecified atom stereocenters. The van der Waals surface area contributed by atoms with Crippen LogP contribution in [-0.2, 0) is 4.79 Å². The first kappa shape index (κ1) is 22.6. The largest absolute Gasteiger partial charge is 0.512 e. The van der Waals surface area contributed by atoms with E-state index in [9.17, 15) is 19.5 Å². The van der Waals surface area contributed by atoms with Gasteiger partial charge < -0.3 is 14.9 Å². The lowest BCUT2D eigenvalue weighted by Gasteiger charge is -2.26. The minimum absolute atomic E-state index is 0.00262. The fraction of sp³-hybridized carbons (Fsp3) is 0.0952. The van der Waals surface area contributed by atoms with E-state index in [1.165, 1.54) is 31.2 Å². The van der Waals surface area contributed by atoms with Crippen LogP contribution in [0.25, 0.3) is 10.4 Å². The molecule has 0 saturated carbocycles. The lowest BCUT2D eigenvalue weighted by atomic mass is 10.1. The zero-order valence-corrected chi connectivity index (χ0v) is 18.2. The molecule has 160 valence electrons. The second kappa shape index (κ2) is 9.38. The summed E-state index contributed by atoms with van der Waals surface area (Å²) in [6, 6.07) is 13.3. The minimum atomic E-state index is -1.59. The third kappa shape index (κ3) is 4.99. The fourth-order valence-electron chi connectivity index (χ4n) is 2.83. The SMILES string of the molecule is CC(C(=O)O)N(C(=O)c1ccc(Cl)cc1Cl)c1cc(-c2ccccc2)sc1OC(=O)O. The van der Waals surface area contributed by atoms with Gasteiger partial charge in [-0.1, -0.05) is 64.9 Å². The van der Waals surface area contributed by atoms with Gasteiger partial charge in [-0.15, -0.1) is 0 Å². The molecule has 0 radical (unpaired) electrons. The van der Waals surface area contributed by atoms with Gasteiger partial charge >= 0.3 is 12.1 Å². The number of anilines is 1. The number of carbonyl (C=O) groups is 3. The van der Waals surface area contributed by atoms with Crippen LogP contribution >= 0.6 is 34.5 Å². The van der Waals surface area contributed by atoms with Crippen molar-refractivity contribution >= 4 is 58.3 Å². The van der Waals surface area contributed by atoms with Crippen LogP contribution in [0.2, 0.25) is 10.0 Å². The van der Waals surface area contributed by atoms with E-state index in [0.717, 1.165) is 21.8 Å². The summed E-state index contributed by atoms with van der Waals surface area (Å²) in [6.07, 6.45) is -1.59. The third-order valence-electron chi connectivity index (χ3n) is 4.30. The number of carboxylic acids is 1. The Morgan fingerprint density at radius 3 is 2.29 bits per heavy atom. The molecule has 31 heavy (non-hydrogen) atoms. The average molecular weight is 480 g/mol. The van der Waals surface area contributed by atoms with Crippen molar-refractivity contribution < 1.29 is 29.3 Å². The molecule has 0 aliphatic carbocycles. The van der Waals surface area contributed by atoms with Crippen LogP contribution in [0.15, 0.2) is 54.6 Å². The van der Waals surface area contributed by atoms with Crippen LogP contribution in [0.3, 0.4) is 0 Å². The Morgan fingerprint density at radius 2 is 1.71 bits per heavy atom. The molecule has 1 amide bonds. The quantitative estimate of drug-likeness (QED) is 0.426. The van der Waals surface area contributed by atoms with Crippen molar-refractivity contribution in [3.05, 3.63) is 70.2 Å². The number of hydrogen-bond acceptors (Lipinski definition) is 5. The molecule has 1 heterocycles. The van der Waals surface area contributed by atoms with Gasteiger partial charge in [0.25, 0.3) is 5.91 Å². The van der Waals surface area contributed by atoms with Gasteiger partial charge in [0.05, 0.1) is 10.6 Å². The van der Waals surface area contributed by atoms with Crippen molar-refractivity contribution in [3.8, 4) is 15.5 Å². The normalized spacial score (nSPS) is 11.6. The molecular formula is C21H15Cl2NO6S. The first-order valence-corrected chi connectivity index (χ1v) is 10.4. The van der Waals surface area contributed by atoms with E-state index < -0.39 is 24.1 Å². The molecule has 10 heteroatoms. The Labute approximate surface area is 191 Å². The number of rotatable bonds is 6. The van der Waals surface area contributed by atoms with E-state index in [1.54, 1.807) is 24.3 Å². The van der Waals surface area contributed by atoms with Gasteiger partial charge in [-0.25, -0.2) is 9.59 Å². The zero-order valence-electron chi connectivity index (χ0n) is 15.9. The lowest BCUT2D eigenvalue weighted by molar-refractivity contribution is -0.138. The van der Waals surface area contributed by atoms with Gasteiger partial charge in [-0.2, -0.15) is 0 Å². The molecule has 0 fully saturated rings. The first-order valence-electron chi connectivity index (χ1n) is 8.80. The van der Waals surface area contributed by atoms with E-state index in [-0.39, 0.29) is 21.3 Å². The highest BCUT2D eigenvalue weighted by Crippen LogP contribution is 2.44. The number of ether oxygens (including phenoxy) is 1. The Hall–Kier alpha value is -3.07. The van der Waals surface area contributed by atoms with Gasteiger partial charge in [-0.05, 0) is 36.8 Å². The second-order valence-electron chi connectivity index (χ2n) is 6.33. The van der Waals surface area contributed by atoms with Crippen molar-refractivity contribution in [1.82, 2.24) is 0 Å². The summed E-state index contributed by atoms with van der Waals surface area (Å²) in [5.74, 6) is -2.05. The minimum Gasteiger partial charge on any atom is -0.480 e. The first-order chi connectivity index (χ1) is 14.7. The fourth-order valence-corrected chi connectivity index (χ4v) is 4.32. The van der Waals surface area contributed by atoms with Gasteiger partial charge in [-0.3, -0.25) is 9.69 Å². The van der Waals surface area contributed by atoms with Crippen molar-refractivity contribution in [2.75, 3.05) is 4.90 Å². The van der Waals surface area contributed by atoms with Gasteiger partial charge in [0, 0.05) is 9.90 Å². The maximum absolute atomic E-state index is 13.3. The van der Waals surface area contributed by atoms with Crippen LogP contribution in [0, 0.1) is 0 Å². The number of halogens is 2. The van der Waals surface area contributed by atoms with E-state index >= 15 is 0 Å². The van der Waals surface area contributed by atoms with Crippen LogP contribution in [0.1, 0.15) is 17.3 Å². The molecular weight excluding hydrogens is 465 g/mol. The molecule has 7 nitrogen and oxygen atoms in total. The maximum Gasteiger partial charge on any atom is 0.512 e. The molecule has 2 aromatic carbocycles. The van der Waals surface area contributed by atoms with E-state index in [1.807, 2.05) is 6.07 Å². The Balaban J connectivity index is 2.18. The van der Waals surface area contributed by atoms with Crippen molar-refractivity contribution in [3.63, 3.8) is 0 Å². The van der Waals surface area contributed by atoms with Crippen LogP contribution in [0.4, 0.5) is 10.5 Å².